The Morgan fingerprint density at radius 2 is 1.41 bits per heavy atom. The number of unbranched alkanes of at least 4 members (excludes halogenated alkanes) is 3. The summed E-state index contributed by atoms with van der Waals surface area (Å²) in [6, 6.07) is 0. The van der Waals surface area contributed by atoms with E-state index < -0.39 is 58.5 Å². The molecule has 1 unspecified atom stereocenters. The van der Waals surface area contributed by atoms with Crippen LogP contribution >= 0.6 is 0 Å². The summed E-state index contributed by atoms with van der Waals surface area (Å²) < 4.78 is 47.1. The number of ether oxygens (including phenoxy) is 3. The molecule has 32 heavy (non-hydrogen) atoms. The fourth-order valence-electron chi connectivity index (χ4n) is 2.38. The first-order valence-corrected chi connectivity index (χ1v) is 11.6. The maximum atomic E-state index is 13.0. The molecular formula is C21H35KO9S. The molecule has 0 aromatic heterocycles. The second kappa shape index (κ2) is 16.1. The summed E-state index contributed by atoms with van der Waals surface area (Å²) in [7, 11) is -4.41. The van der Waals surface area contributed by atoms with E-state index in [9.17, 15) is 22.8 Å². The van der Waals surface area contributed by atoms with E-state index in [0.717, 1.165) is 19.3 Å². The normalized spacial score (nSPS) is 12.2. The Balaban J connectivity index is 0. The quantitative estimate of drug-likeness (QED) is 0.0894. The van der Waals surface area contributed by atoms with Gasteiger partial charge in [-0.2, -0.15) is 8.42 Å². The van der Waals surface area contributed by atoms with Crippen LogP contribution in [0.15, 0.2) is 24.3 Å². The summed E-state index contributed by atoms with van der Waals surface area (Å²) in [5, 5.41) is -1.36. The Morgan fingerprint density at radius 1 is 0.938 bits per heavy atom. The summed E-state index contributed by atoms with van der Waals surface area (Å²) in [5.41, 5.74) is -1.32. The molecule has 0 aromatic rings. The topological polar surface area (TPSA) is 133 Å². The van der Waals surface area contributed by atoms with Crippen molar-refractivity contribution < 1.29 is 41.6 Å². The number of carbonyl (C=O) groups is 3. The van der Waals surface area contributed by atoms with Crippen LogP contribution in [0.1, 0.15) is 59.8 Å². The predicted octanol–water partition coefficient (Wildman–Crippen LogP) is 2.35. The summed E-state index contributed by atoms with van der Waals surface area (Å²) in [4.78, 5) is 36.8. The summed E-state index contributed by atoms with van der Waals surface area (Å²) in [6.07, 6.45) is 3.33. The molecule has 1 atom stereocenters. The van der Waals surface area contributed by atoms with Gasteiger partial charge < -0.3 is 14.2 Å². The van der Waals surface area contributed by atoms with Crippen molar-refractivity contribution >= 4 is 79.4 Å². The van der Waals surface area contributed by atoms with Crippen LogP contribution in [0.25, 0.3) is 0 Å². The molecule has 11 heteroatoms. The first kappa shape index (κ1) is 33.6. The number of esters is 3. The zero-order valence-electron chi connectivity index (χ0n) is 18.8. The van der Waals surface area contributed by atoms with Gasteiger partial charge in [0.2, 0.25) is 0 Å². The maximum absolute atomic E-state index is 13.0. The van der Waals surface area contributed by atoms with Crippen molar-refractivity contribution in [1.82, 2.24) is 0 Å². The SMILES string of the molecule is C=C(C)C(=O)OCC(CCCCCC)(COC(=O)C(=C)C)C(=O)OCC(C)S(=O)(=O)O.[KH]. The minimum atomic E-state index is -4.41. The van der Waals surface area contributed by atoms with Gasteiger partial charge in [-0.1, -0.05) is 45.8 Å². The molecule has 0 aliphatic carbocycles. The van der Waals surface area contributed by atoms with Crippen LogP contribution in [0.5, 0.6) is 0 Å². The Morgan fingerprint density at radius 3 is 1.78 bits per heavy atom. The minimum absolute atomic E-state index is 0. The zero-order valence-corrected chi connectivity index (χ0v) is 19.6. The molecule has 0 spiro atoms. The Labute approximate surface area is 233 Å². The van der Waals surface area contributed by atoms with Gasteiger partial charge in [0.1, 0.15) is 30.5 Å². The molecular weight excluding hydrogens is 467 g/mol. The van der Waals surface area contributed by atoms with E-state index in [-0.39, 0.29) is 69.0 Å². The van der Waals surface area contributed by atoms with Gasteiger partial charge in [-0.05, 0) is 27.2 Å². The number of carbonyl (C=O) groups excluding carboxylic acids is 3. The van der Waals surface area contributed by atoms with Crippen LogP contribution in [-0.2, 0) is 38.7 Å². The number of rotatable bonds is 15. The van der Waals surface area contributed by atoms with Crippen LogP contribution in [0.2, 0.25) is 0 Å². The van der Waals surface area contributed by atoms with Crippen LogP contribution in [0.3, 0.4) is 0 Å². The molecule has 0 saturated heterocycles. The van der Waals surface area contributed by atoms with Gasteiger partial charge in [-0.15, -0.1) is 0 Å². The number of hydrogen-bond donors (Lipinski definition) is 1. The Bertz CT molecular complexity index is 744. The average Bonchev–Trinajstić information content (AvgIpc) is 2.68. The van der Waals surface area contributed by atoms with Crippen LogP contribution in [-0.4, -0.2) is 107 Å². The second-order valence-corrected chi connectivity index (χ2v) is 9.56. The van der Waals surface area contributed by atoms with E-state index in [1.807, 2.05) is 6.92 Å². The van der Waals surface area contributed by atoms with Crippen molar-refractivity contribution in [2.75, 3.05) is 19.8 Å². The van der Waals surface area contributed by atoms with Crippen molar-refractivity contribution in [2.45, 2.75) is 65.0 Å². The van der Waals surface area contributed by atoms with Crippen LogP contribution < -0.4 is 0 Å². The van der Waals surface area contributed by atoms with E-state index in [4.69, 9.17) is 18.8 Å². The van der Waals surface area contributed by atoms with Gasteiger partial charge in [0.15, 0.2) is 0 Å². The van der Waals surface area contributed by atoms with Crippen molar-refractivity contribution in [1.29, 1.82) is 0 Å². The van der Waals surface area contributed by atoms with Crippen molar-refractivity contribution in [3.8, 4) is 0 Å². The Hall–Kier alpha value is -0.564. The molecule has 0 bridgehead atoms. The van der Waals surface area contributed by atoms with Gasteiger partial charge in [0.05, 0.1) is 0 Å². The van der Waals surface area contributed by atoms with Crippen LogP contribution in [0, 0.1) is 5.41 Å². The molecule has 0 rings (SSSR count). The molecule has 9 nitrogen and oxygen atoms in total. The van der Waals surface area contributed by atoms with Crippen molar-refractivity contribution in [3.63, 3.8) is 0 Å². The third-order valence-electron chi connectivity index (χ3n) is 4.56. The summed E-state index contributed by atoms with van der Waals surface area (Å²) in [5.74, 6) is -2.37. The average molecular weight is 503 g/mol. The molecule has 0 aliphatic rings. The first-order valence-electron chi connectivity index (χ1n) is 10.1. The number of hydrogen-bond acceptors (Lipinski definition) is 8. The monoisotopic (exact) mass is 502 g/mol. The van der Waals surface area contributed by atoms with Gasteiger partial charge >= 0.3 is 69.3 Å². The molecule has 0 heterocycles. The molecule has 0 radical (unpaired) electrons. The van der Waals surface area contributed by atoms with Gasteiger partial charge in [-0.3, -0.25) is 9.35 Å². The van der Waals surface area contributed by atoms with E-state index in [0.29, 0.717) is 6.42 Å². The molecule has 0 amide bonds. The predicted molar refractivity (Wildman–Crippen MR) is 122 cm³/mol. The first-order chi connectivity index (χ1) is 14.3. The molecule has 0 aliphatic heterocycles. The van der Waals surface area contributed by atoms with Gasteiger partial charge in [-0.25, -0.2) is 9.59 Å². The third kappa shape index (κ3) is 12.6. The molecule has 0 fully saturated rings. The standard InChI is InChI=1S/C21H34O9S.K.H/c1-7-8-9-10-11-21(13-29-18(22)15(2)3,14-30-19(23)16(4)5)20(24)28-12-17(6)31(25,26)27;;/h17H,2,4,7-14H2,1,3,5-6H3,(H,25,26,27);;. The zero-order chi connectivity index (χ0) is 24.2. The van der Waals surface area contributed by atoms with E-state index in [2.05, 4.69) is 13.2 Å². The van der Waals surface area contributed by atoms with E-state index >= 15 is 0 Å². The van der Waals surface area contributed by atoms with Crippen molar-refractivity contribution in [3.05, 3.63) is 24.3 Å². The van der Waals surface area contributed by atoms with Crippen LogP contribution in [0.4, 0.5) is 0 Å². The van der Waals surface area contributed by atoms with E-state index in [1.165, 1.54) is 20.8 Å². The fraction of sp³-hybridized carbons (Fsp3) is 0.667. The van der Waals surface area contributed by atoms with Crippen molar-refractivity contribution in [2.24, 2.45) is 5.41 Å². The molecule has 1 N–H and O–H groups in total. The molecule has 180 valence electrons. The summed E-state index contributed by atoms with van der Waals surface area (Å²) >= 11 is 0. The molecule has 0 saturated carbocycles. The molecule has 0 aromatic carbocycles. The Kier molecular flexibility index (Phi) is 16.9. The van der Waals surface area contributed by atoms with E-state index in [1.54, 1.807) is 0 Å². The van der Waals surface area contributed by atoms with Gasteiger partial charge in [0.25, 0.3) is 10.1 Å². The summed E-state index contributed by atoms with van der Waals surface area (Å²) in [6.45, 7) is 11.5. The fourth-order valence-corrected chi connectivity index (χ4v) is 2.62. The van der Waals surface area contributed by atoms with Gasteiger partial charge in [0, 0.05) is 11.1 Å². The third-order valence-corrected chi connectivity index (χ3v) is 5.71. The second-order valence-electron chi connectivity index (χ2n) is 7.73.